The zero-order valence-corrected chi connectivity index (χ0v) is 21.4. The number of H-pyrrole nitrogens is 1. The number of aromatic amines is 1. The molecule has 0 aliphatic carbocycles. The molecule has 1 atom stereocenters. The fraction of sp³-hybridized carbons (Fsp3) is 0.407. The minimum atomic E-state index is -0.146. The van der Waals surface area contributed by atoms with Crippen molar-refractivity contribution in [3.63, 3.8) is 0 Å². The number of nitrogens with one attached hydrogen (secondary N) is 2. The van der Waals surface area contributed by atoms with E-state index in [1.165, 1.54) is 11.1 Å². The molecule has 1 aromatic heterocycles. The molecule has 1 aliphatic rings. The third-order valence-electron chi connectivity index (χ3n) is 6.49. The minimum Gasteiger partial charge on any atom is -0.493 e. The summed E-state index contributed by atoms with van der Waals surface area (Å²) in [5, 5.41) is 4.86. The van der Waals surface area contributed by atoms with Gasteiger partial charge in [-0.25, -0.2) is 0 Å². The summed E-state index contributed by atoms with van der Waals surface area (Å²) in [6.07, 6.45) is 3.12. The Hall–Kier alpha value is -3.10. The second-order valence-corrected chi connectivity index (χ2v) is 9.22. The number of rotatable bonds is 9. The molecule has 1 aliphatic heterocycles. The molecule has 1 fully saturated rings. The smallest absolute Gasteiger partial charge is 0.253 e. The lowest BCUT2D eigenvalue weighted by Gasteiger charge is -2.27. The highest BCUT2D eigenvalue weighted by Crippen LogP contribution is 2.31. The first-order chi connectivity index (χ1) is 17.0. The second-order valence-electron chi connectivity index (χ2n) is 8.84. The van der Waals surface area contributed by atoms with E-state index in [0.29, 0.717) is 47.3 Å². The van der Waals surface area contributed by atoms with E-state index in [9.17, 15) is 4.79 Å². The zero-order chi connectivity index (χ0) is 24.8. The normalized spacial score (nSPS) is 15.2. The number of hydrogen-bond acceptors (Lipinski definition) is 5. The molecule has 1 saturated heterocycles. The van der Waals surface area contributed by atoms with Crippen molar-refractivity contribution in [3.05, 3.63) is 69.5 Å². The Morgan fingerprint density at radius 1 is 1.17 bits per heavy atom. The highest BCUT2D eigenvalue weighted by Gasteiger charge is 2.19. The second kappa shape index (κ2) is 11.6. The van der Waals surface area contributed by atoms with Crippen LogP contribution in [0.3, 0.4) is 0 Å². The van der Waals surface area contributed by atoms with Crippen molar-refractivity contribution in [2.24, 2.45) is 0 Å². The molecule has 7 nitrogen and oxygen atoms in total. The first-order valence-electron chi connectivity index (χ1n) is 11.9. The van der Waals surface area contributed by atoms with Gasteiger partial charge in [-0.3, -0.25) is 4.79 Å². The summed E-state index contributed by atoms with van der Waals surface area (Å²) in [5.74, 6) is 1.19. The Balaban J connectivity index is 1.57. The number of aromatic nitrogens is 1. The molecule has 2 heterocycles. The van der Waals surface area contributed by atoms with Gasteiger partial charge in [0.25, 0.3) is 5.56 Å². The number of nitrogens with zero attached hydrogens (tertiary/aromatic N) is 1. The molecule has 0 saturated carbocycles. The van der Waals surface area contributed by atoms with Crippen LogP contribution in [-0.4, -0.2) is 55.0 Å². The number of aryl methyl sites for hydroxylation is 1. The number of pyridine rings is 1. The van der Waals surface area contributed by atoms with E-state index in [2.05, 4.69) is 40.3 Å². The van der Waals surface area contributed by atoms with Crippen LogP contribution in [-0.2, 0) is 17.7 Å². The van der Waals surface area contributed by atoms with Gasteiger partial charge in [0.15, 0.2) is 16.6 Å². The Morgan fingerprint density at radius 3 is 2.66 bits per heavy atom. The molecule has 35 heavy (non-hydrogen) atoms. The average Bonchev–Trinajstić information content (AvgIpc) is 3.39. The van der Waals surface area contributed by atoms with Gasteiger partial charge in [0, 0.05) is 36.7 Å². The maximum Gasteiger partial charge on any atom is 0.253 e. The molecule has 2 aromatic carbocycles. The van der Waals surface area contributed by atoms with Crippen molar-refractivity contribution in [2.45, 2.75) is 38.8 Å². The molecular weight excluding hydrogens is 462 g/mol. The van der Waals surface area contributed by atoms with Crippen molar-refractivity contribution in [2.75, 3.05) is 33.9 Å². The molecule has 8 heteroatoms. The van der Waals surface area contributed by atoms with Crippen LogP contribution in [0.15, 0.2) is 47.3 Å². The highest BCUT2D eigenvalue weighted by molar-refractivity contribution is 7.80. The number of hydrogen-bond donors (Lipinski definition) is 2. The fourth-order valence-corrected chi connectivity index (χ4v) is 4.66. The van der Waals surface area contributed by atoms with Gasteiger partial charge in [-0.05, 0) is 61.7 Å². The van der Waals surface area contributed by atoms with Crippen LogP contribution < -0.4 is 20.3 Å². The fourth-order valence-electron chi connectivity index (χ4n) is 4.42. The quantitative estimate of drug-likeness (QED) is 0.435. The maximum atomic E-state index is 13.0. The molecule has 0 amide bonds. The van der Waals surface area contributed by atoms with Crippen molar-refractivity contribution in [1.29, 1.82) is 0 Å². The van der Waals surface area contributed by atoms with E-state index in [1.54, 1.807) is 20.3 Å². The molecule has 3 aromatic rings. The van der Waals surface area contributed by atoms with Crippen molar-refractivity contribution < 1.29 is 14.2 Å². The van der Waals surface area contributed by atoms with Crippen molar-refractivity contribution in [3.8, 4) is 11.5 Å². The summed E-state index contributed by atoms with van der Waals surface area (Å²) in [5.41, 5.74) is 3.70. The lowest BCUT2D eigenvalue weighted by atomic mass is 10.1. The first-order valence-corrected chi connectivity index (χ1v) is 12.4. The maximum absolute atomic E-state index is 13.0. The van der Waals surface area contributed by atoms with E-state index in [1.807, 2.05) is 18.2 Å². The van der Waals surface area contributed by atoms with E-state index < -0.39 is 0 Å². The molecule has 4 rings (SSSR count). The monoisotopic (exact) mass is 495 g/mol. The standard InChI is InChI=1S/C27H33N3O4S/c1-18-7-4-5-8-19(18)10-11-30(27(35)28-16-22-9-6-12-34-22)17-21-13-20-14-24(32-2)25(33-3)15-23(20)29-26(21)31/h4-5,7-8,13-15,22H,6,9-12,16-17H2,1-3H3,(H,28,35)(H,29,31). The number of benzene rings is 2. The number of fused-ring (bicyclic) bond motifs is 1. The summed E-state index contributed by atoms with van der Waals surface area (Å²) >= 11 is 5.78. The summed E-state index contributed by atoms with van der Waals surface area (Å²) in [7, 11) is 3.18. The zero-order valence-electron chi connectivity index (χ0n) is 20.6. The van der Waals surface area contributed by atoms with Crippen molar-refractivity contribution >= 4 is 28.2 Å². The summed E-state index contributed by atoms with van der Waals surface area (Å²) in [4.78, 5) is 18.1. The van der Waals surface area contributed by atoms with Crippen LogP contribution in [0.2, 0.25) is 0 Å². The van der Waals surface area contributed by atoms with Crippen LogP contribution in [0.25, 0.3) is 10.9 Å². The van der Waals surface area contributed by atoms with Gasteiger partial charge < -0.3 is 29.4 Å². The lowest BCUT2D eigenvalue weighted by Crippen LogP contribution is -2.43. The summed E-state index contributed by atoms with van der Waals surface area (Å²) in [6.45, 7) is 4.67. The molecule has 2 N–H and O–H groups in total. The SMILES string of the molecule is COc1cc2cc(CN(CCc3ccccc3C)C(=S)NCC3CCCO3)c(=O)[nH]c2cc1OC. The predicted octanol–water partition coefficient (Wildman–Crippen LogP) is 3.95. The predicted molar refractivity (Wildman–Crippen MR) is 143 cm³/mol. The molecule has 0 spiro atoms. The summed E-state index contributed by atoms with van der Waals surface area (Å²) in [6, 6.07) is 13.9. The first kappa shape index (κ1) is 25.0. The molecule has 0 bridgehead atoms. The minimum absolute atomic E-state index is 0.146. The molecule has 1 unspecified atom stereocenters. The van der Waals surface area contributed by atoms with Crippen LogP contribution in [0.4, 0.5) is 0 Å². The van der Waals surface area contributed by atoms with Crippen LogP contribution in [0.1, 0.15) is 29.5 Å². The Bertz CT molecular complexity index is 1240. The van der Waals surface area contributed by atoms with E-state index in [-0.39, 0.29) is 11.7 Å². The topological polar surface area (TPSA) is 75.8 Å². The highest BCUT2D eigenvalue weighted by atomic mass is 32.1. The number of thiocarbonyl (C=S) groups is 1. The number of methoxy groups -OCH3 is 2. The largest absolute Gasteiger partial charge is 0.493 e. The van der Waals surface area contributed by atoms with Crippen LogP contribution in [0.5, 0.6) is 11.5 Å². The lowest BCUT2D eigenvalue weighted by molar-refractivity contribution is 0.113. The Kier molecular flexibility index (Phi) is 8.25. The van der Waals surface area contributed by atoms with E-state index in [4.69, 9.17) is 26.4 Å². The van der Waals surface area contributed by atoms with E-state index >= 15 is 0 Å². The van der Waals surface area contributed by atoms with Crippen LogP contribution in [0, 0.1) is 6.92 Å². The average molecular weight is 496 g/mol. The molecule has 186 valence electrons. The Labute approximate surface area is 211 Å². The van der Waals surface area contributed by atoms with Crippen LogP contribution >= 0.6 is 12.2 Å². The summed E-state index contributed by atoms with van der Waals surface area (Å²) < 4.78 is 16.6. The van der Waals surface area contributed by atoms with Gasteiger partial charge in [-0.1, -0.05) is 24.3 Å². The van der Waals surface area contributed by atoms with Gasteiger partial charge in [0.2, 0.25) is 0 Å². The molecular formula is C27H33N3O4S. The third kappa shape index (κ3) is 6.13. The van der Waals surface area contributed by atoms with Gasteiger partial charge in [-0.15, -0.1) is 0 Å². The van der Waals surface area contributed by atoms with Gasteiger partial charge >= 0.3 is 0 Å². The Morgan fingerprint density at radius 2 is 1.94 bits per heavy atom. The van der Waals surface area contributed by atoms with Gasteiger partial charge in [0.1, 0.15) is 0 Å². The molecule has 0 radical (unpaired) electrons. The van der Waals surface area contributed by atoms with Gasteiger partial charge in [-0.2, -0.15) is 0 Å². The third-order valence-corrected chi connectivity index (χ3v) is 6.89. The van der Waals surface area contributed by atoms with Crippen molar-refractivity contribution in [1.82, 2.24) is 15.2 Å². The van der Waals surface area contributed by atoms with E-state index in [0.717, 1.165) is 31.3 Å². The van der Waals surface area contributed by atoms with Gasteiger partial charge in [0.05, 0.1) is 32.4 Å². The number of ether oxygens (including phenoxy) is 3.